The molecule has 0 bridgehead atoms. The molecule has 0 saturated heterocycles. The molecule has 8 heteroatoms. The van der Waals surface area contributed by atoms with Crippen molar-refractivity contribution in [1.29, 1.82) is 0 Å². The molecule has 3 rings (SSSR count). The first-order chi connectivity index (χ1) is 13.4. The van der Waals surface area contributed by atoms with E-state index < -0.39 is 10.0 Å². The van der Waals surface area contributed by atoms with Crippen LogP contribution in [0.3, 0.4) is 0 Å². The van der Waals surface area contributed by atoms with Gasteiger partial charge in [0.25, 0.3) is 15.9 Å². The predicted molar refractivity (Wildman–Crippen MR) is 112 cm³/mol. The average molecular weight is 467 g/mol. The second-order valence-corrected chi connectivity index (χ2v) is 9.37. The van der Waals surface area contributed by atoms with E-state index in [-0.39, 0.29) is 10.8 Å². The highest BCUT2D eigenvalue weighted by molar-refractivity contribution is 9.10. The minimum Gasteiger partial charge on any atom is -0.381 e. The summed E-state index contributed by atoms with van der Waals surface area (Å²) in [6.07, 6.45) is 3.24. The number of carbonyl (C=O) groups excluding carboxylic acids is 1. The van der Waals surface area contributed by atoms with Crippen molar-refractivity contribution in [2.24, 2.45) is 5.92 Å². The van der Waals surface area contributed by atoms with Gasteiger partial charge < -0.3 is 10.1 Å². The number of sulfonamides is 1. The summed E-state index contributed by atoms with van der Waals surface area (Å²) in [6.45, 7) is 1.90. The molecule has 1 aliphatic carbocycles. The molecule has 2 aromatic carbocycles. The highest BCUT2D eigenvalue weighted by atomic mass is 79.9. The van der Waals surface area contributed by atoms with Crippen molar-refractivity contribution < 1.29 is 17.9 Å². The number of anilines is 1. The van der Waals surface area contributed by atoms with E-state index in [0.717, 1.165) is 23.4 Å². The number of hydrogen-bond acceptors (Lipinski definition) is 4. The topological polar surface area (TPSA) is 84.5 Å². The summed E-state index contributed by atoms with van der Waals surface area (Å²) in [6, 6.07) is 12.8. The zero-order valence-corrected chi connectivity index (χ0v) is 17.8. The lowest BCUT2D eigenvalue weighted by atomic mass is 10.2. The van der Waals surface area contributed by atoms with E-state index in [2.05, 4.69) is 26.0 Å². The van der Waals surface area contributed by atoms with E-state index in [9.17, 15) is 13.2 Å². The molecule has 0 spiro atoms. The van der Waals surface area contributed by atoms with Crippen LogP contribution < -0.4 is 10.0 Å². The summed E-state index contributed by atoms with van der Waals surface area (Å²) in [5.74, 6) is 0.424. The Hall–Kier alpha value is -1.90. The summed E-state index contributed by atoms with van der Waals surface area (Å²) in [5, 5.41) is 2.80. The lowest BCUT2D eigenvalue weighted by Crippen LogP contribution is -2.25. The lowest BCUT2D eigenvalue weighted by Gasteiger charge is -2.10. The Bertz CT molecular complexity index is 912. The van der Waals surface area contributed by atoms with Crippen LogP contribution in [-0.2, 0) is 14.8 Å². The average Bonchev–Trinajstić information content (AvgIpc) is 3.50. The van der Waals surface area contributed by atoms with E-state index in [1.807, 2.05) is 0 Å². The molecule has 6 nitrogen and oxygen atoms in total. The van der Waals surface area contributed by atoms with Crippen LogP contribution in [-0.4, -0.2) is 34.1 Å². The van der Waals surface area contributed by atoms with Gasteiger partial charge in [-0.05, 0) is 67.6 Å². The van der Waals surface area contributed by atoms with Crippen LogP contribution in [0, 0.1) is 5.92 Å². The standard InChI is InChI=1S/C20H23BrN2O4S/c21-17-7-9-18(10-8-17)23-28(25,26)19-4-1-3-16(13-19)20(24)22-11-2-12-27-14-15-5-6-15/h1,3-4,7-10,13,15,23H,2,5-6,11-12,14H2,(H,22,24). The molecule has 1 saturated carbocycles. The van der Waals surface area contributed by atoms with Gasteiger partial charge in [0, 0.05) is 35.5 Å². The normalized spacial score (nSPS) is 13.9. The maximum Gasteiger partial charge on any atom is 0.261 e. The molecule has 2 aromatic rings. The molecule has 0 aromatic heterocycles. The summed E-state index contributed by atoms with van der Waals surface area (Å²) < 4.78 is 34.1. The number of rotatable bonds is 10. The van der Waals surface area contributed by atoms with Crippen LogP contribution in [0.2, 0.25) is 0 Å². The molecule has 1 fully saturated rings. The SMILES string of the molecule is O=C(NCCCOCC1CC1)c1cccc(S(=O)(=O)Nc2ccc(Br)cc2)c1. The fraction of sp³-hybridized carbons (Fsp3) is 0.350. The largest absolute Gasteiger partial charge is 0.381 e. The number of carbonyl (C=O) groups is 1. The van der Waals surface area contributed by atoms with Gasteiger partial charge in [-0.15, -0.1) is 0 Å². The zero-order chi connectivity index (χ0) is 20.0. The van der Waals surface area contributed by atoms with Crippen LogP contribution in [0.25, 0.3) is 0 Å². The third-order valence-electron chi connectivity index (χ3n) is 4.30. The van der Waals surface area contributed by atoms with E-state index in [1.165, 1.54) is 25.0 Å². The third-order valence-corrected chi connectivity index (χ3v) is 6.21. The van der Waals surface area contributed by atoms with Gasteiger partial charge in [-0.1, -0.05) is 22.0 Å². The van der Waals surface area contributed by atoms with Gasteiger partial charge in [-0.3, -0.25) is 9.52 Å². The van der Waals surface area contributed by atoms with Gasteiger partial charge in [0.15, 0.2) is 0 Å². The fourth-order valence-corrected chi connectivity index (χ4v) is 3.92. The van der Waals surface area contributed by atoms with E-state index in [1.54, 1.807) is 36.4 Å². The highest BCUT2D eigenvalue weighted by Crippen LogP contribution is 2.28. The van der Waals surface area contributed by atoms with Crippen LogP contribution in [0.1, 0.15) is 29.6 Å². The van der Waals surface area contributed by atoms with Gasteiger partial charge >= 0.3 is 0 Å². The molecule has 0 radical (unpaired) electrons. The summed E-state index contributed by atoms with van der Waals surface area (Å²) in [7, 11) is -3.78. The Kier molecular flexibility index (Phi) is 7.09. The summed E-state index contributed by atoms with van der Waals surface area (Å²) in [5.41, 5.74) is 0.752. The van der Waals surface area contributed by atoms with Crippen molar-refractivity contribution in [2.45, 2.75) is 24.2 Å². The predicted octanol–water partition coefficient (Wildman–Crippen LogP) is 3.80. The minimum absolute atomic E-state index is 0.0378. The number of ether oxygens (including phenoxy) is 1. The van der Waals surface area contributed by atoms with Crippen LogP contribution in [0.5, 0.6) is 0 Å². The third kappa shape index (κ3) is 6.32. The molecule has 150 valence electrons. The van der Waals surface area contributed by atoms with Crippen molar-refractivity contribution in [3.05, 3.63) is 58.6 Å². The molecule has 1 amide bonds. The fourth-order valence-electron chi connectivity index (χ4n) is 2.55. The Morgan fingerprint density at radius 1 is 1.14 bits per heavy atom. The second kappa shape index (κ2) is 9.54. The minimum atomic E-state index is -3.78. The maximum atomic E-state index is 12.6. The Labute approximate surface area is 173 Å². The van der Waals surface area contributed by atoms with Crippen molar-refractivity contribution >= 4 is 37.5 Å². The van der Waals surface area contributed by atoms with Crippen LogP contribution >= 0.6 is 15.9 Å². The number of halogens is 1. The molecule has 1 aliphatic rings. The molecule has 0 atom stereocenters. The molecule has 28 heavy (non-hydrogen) atoms. The van der Waals surface area contributed by atoms with Crippen molar-refractivity contribution in [3.63, 3.8) is 0 Å². The number of benzene rings is 2. The number of nitrogens with one attached hydrogen (secondary N) is 2. The molecule has 0 unspecified atom stereocenters. The smallest absolute Gasteiger partial charge is 0.261 e. The first-order valence-corrected chi connectivity index (χ1v) is 11.5. The first-order valence-electron chi connectivity index (χ1n) is 9.18. The van der Waals surface area contributed by atoms with E-state index in [0.29, 0.717) is 24.4 Å². The van der Waals surface area contributed by atoms with Crippen LogP contribution in [0.15, 0.2) is 57.9 Å². The highest BCUT2D eigenvalue weighted by Gasteiger charge is 2.21. The van der Waals surface area contributed by atoms with Crippen molar-refractivity contribution in [2.75, 3.05) is 24.5 Å². The first kappa shape index (κ1) is 20.8. The second-order valence-electron chi connectivity index (χ2n) is 6.77. The van der Waals surface area contributed by atoms with Gasteiger partial charge in [0.05, 0.1) is 4.90 Å². The Morgan fingerprint density at radius 3 is 2.61 bits per heavy atom. The quantitative estimate of drug-likeness (QED) is 0.521. The molecular formula is C20H23BrN2O4S. The Balaban J connectivity index is 1.54. The lowest BCUT2D eigenvalue weighted by molar-refractivity contribution is 0.0937. The number of amides is 1. The molecule has 0 heterocycles. The van der Waals surface area contributed by atoms with Crippen molar-refractivity contribution in [3.8, 4) is 0 Å². The Morgan fingerprint density at radius 2 is 1.89 bits per heavy atom. The van der Waals surface area contributed by atoms with Gasteiger partial charge in [-0.25, -0.2) is 8.42 Å². The number of hydrogen-bond donors (Lipinski definition) is 2. The van der Waals surface area contributed by atoms with E-state index >= 15 is 0 Å². The zero-order valence-electron chi connectivity index (χ0n) is 15.4. The maximum absolute atomic E-state index is 12.6. The van der Waals surface area contributed by atoms with Gasteiger partial charge in [0.1, 0.15) is 0 Å². The molecule has 0 aliphatic heterocycles. The molecular weight excluding hydrogens is 444 g/mol. The van der Waals surface area contributed by atoms with Crippen molar-refractivity contribution in [1.82, 2.24) is 5.32 Å². The van der Waals surface area contributed by atoms with E-state index in [4.69, 9.17) is 4.74 Å². The molecule has 2 N–H and O–H groups in total. The van der Waals surface area contributed by atoms with Gasteiger partial charge in [-0.2, -0.15) is 0 Å². The monoisotopic (exact) mass is 466 g/mol. The van der Waals surface area contributed by atoms with Gasteiger partial charge in [0.2, 0.25) is 0 Å². The van der Waals surface area contributed by atoms with Crippen LogP contribution in [0.4, 0.5) is 5.69 Å². The summed E-state index contributed by atoms with van der Waals surface area (Å²) in [4.78, 5) is 12.3. The summed E-state index contributed by atoms with van der Waals surface area (Å²) >= 11 is 3.31.